The minimum absolute atomic E-state index is 0.00623. The number of Topliss-reactive ketones (excluding diaryl/α,β-unsaturated/α-hetero) is 1. The number of benzene rings is 1. The van der Waals surface area contributed by atoms with E-state index in [1.807, 2.05) is 0 Å². The molecule has 4 N–H and O–H groups in total. The van der Waals surface area contributed by atoms with E-state index >= 15 is 0 Å². The summed E-state index contributed by atoms with van der Waals surface area (Å²) in [7, 11) is 0. The van der Waals surface area contributed by atoms with E-state index in [0.29, 0.717) is 0 Å². The minimum atomic E-state index is -1.66. The van der Waals surface area contributed by atoms with Crippen LogP contribution in [0, 0.1) is 0 Å². The molecule has 142 valence electrons. The maximum absolute atomic E-state index is 12.3. The Morgan fingerprint density at radius 2 is 1.81 bits per heavy atom. The van der Waals surface area contributed by atoms with Crippen molar-refractivity contribution in [3.05, 3.63) is 35.9 Å². The van der Waals surface area contributed by atoms with Crippen molar-refractivity contribution in [3.8, 4) is 0 Å². The molecule has 0 aliphatic carbocycles. The summed E-state index contributed by atoms with van der Waals surface area (Å²) in [5, 5.41) is 10.8. The van der Waals surface area contributed by atoms with Crippen molar-refractivity contribution in [1.29, 1.82) is 0 Å². The van der Waals surface area contributed by atoms with Crippen LogP contribution < -0.4 is 11.1 Å². The number of aliphatic carboxylic acids is 1. The molecule has 26 heavy (non-hydrogen) atoms. The number of esters is 1. The van der Waals surface area contributed by atoms with E-state index in [9.17, 15) is 19.2 Å². The molecule has 0 saturated carbocycles. The van der Waals surface area contributed by atoms with Gasteiger partial charge in [-0.15, -0.1) is 0 Å². The Bertz CT molecular complexity index is 633. The van der Waals surface area contributed by atoms with Crippen LogP contribution in [0.15, 0.2) is 30.3 Å². The van der Waals surface area contributed by atoms with E-state index < -0.39 is 35.9 Å². The van der Waals surface area contributed by atoms with E-state index in [2.05, 4.69) is 5.32 Å². The number of carbonyl (C=O) groups is 4. The van der Waals surface area contributed by atoms with Gasteiger partial charge >= 0.3 is 18.0 Å². The number of carboxylic acids is 1. The number of rotatable bonds is 10. The summed E-state index contributed by atoms with van der Waals surface area (Å²) in [6.07, 6.45) is -1.52. The van der Waals surface area contributed by atoms with Crippen molar-refractivity contribution in [3.63, 3.8) is 0 Å². The normalized spacial score (nSPS) is 12.5. The van der Waals surface area contributed by atoms with E-state index in [-0.39, 0.29) is 26.1 Å². The molecule has 0 spiro atoms. The van der Waals surface area contributed by atoms with Gasteiger partial charge in [0.1, 0.15) is 6.61 Å². The van der Waals surface area contributed by atoms with Crippen molar-refractivity contribution in [2.45, 2.75) is 38.5 Å². The van der Waals surface area contributed by atoms with Crippen molar-refractivity contribution in [2.75, 3.05) is 6.61 Å². The van der Waals surface area contributed by atoms with Crippen molar-refractivity contribution in [2.24, 2.45) is 5.73 Å². The number of nitrogens with one attached hydrogen (secondary N) is 1. The maximum Gasteiger partial charge on any atom is 0.408 e. The van der Waals surface area contributed by atoms with Gasteiger partial charge < -0.3 is 25.6 Å². The third kappa shape index (κ3) is 7.31. The lowest BCUT2D eigenvalue weighted by molar-refractivity contribution is -0.148. The number of hydrogen-bond donors (Lipinski definition) is 3. The molecule has 9 heteroatoms. The molecule has 1 aromatic carbocycles. The number of ketones is 1. The Morgan fingerprint density at radius 3 is 2.38 bits per heavy atom. The number of carbonyl (C=O) groups excluding carboxylic acids is 3. The molecule has 0 heterocycles. The molecule has 0 aliphatic heterocycles. The topological polar surface area (TPSA) is 145 Å². The summed E-state index contributed by atoms with van der Waals surface area (Å²) < 4.78 is 9.73. The van der Waals surface area contributed by atoms with Crippen LogP contribution in [0.2, 0.25) is 0 Å². The van der Waals surface area contributed by atoms with E-state index in [1.54, 1.807) is 30.3 Å². The van der Waals surface area contributed by atoms with Crippen molar-refractivity contribution >= 4 is 23.8 Å². The molecule has 0 aliphatic rings. The molecule has 1 rings (SSSR count). The highest BCUT2D eigenvalue weighted by Gasteiger charge is 2.33. The van der Waals surface area contributed by atoms with Gasteiger partial charge in [-0.05, 0) is 18.9 Å². The summed E-state index contributed by atoms with van der Waals surface area (Å²) in [6.45, 7) is 1.48. The zero-order chi connectivity index (χ0) is 19.5. The predicted molar refractivity (Wildman–Crippen MR) is 90.0 cm³/mol. The van der Waals surface area contributed by atoms with Crippen LogP contribution in [-0.2, 0) is 30.5 Å². The smallest absolute Gasteiger partial charge is 0.408 e. The van der Waals surface area contributed by atoms with Gasteiger partial charge in [-0.1, -0.05) is 30.3 Å². The van der Waals surface area contributed by atoms with E-state index in [1.165, 1.54) is 6.92 Å². The molecule has 0 bridgehead atoms. The number of nitrogens with two attached hydrogens (primary N) is 1. The number of ether oxygens (including phenoxy) is 2. The molecule has 2 atom stereocenters. The minimum Gasteiger partial charge on any atom is -0.481 e. The molecule has 1 aromatic rings. The average Bonchev–Trinajstić information content (AvgIpc) is 2.62. The van der Waals surface area contributed by atoms with Gasteiger partial charge in [-0.2, -0.15) is 0 Å². The summed E-state index contributed by atoms with van der Waals surface area (Å²) in [5.74, 6) is -2.96. The standard InChI is InChI=1S/C17H22N2O7/c1-2-25-16(23)14(15(22)12(18)8-9-13(20)21)19-17(24)26-10-11-6-4-3-5-7-11/h3-7,12,14H,2,8-10,18H2,1H3,(H,19,24)(H,20,21)/t12-,14?/m0/s1. The van der Waals surface area contributed by atoms with Gasteiger partial charge in [0, 0.05) is 6.42 Å². The number of carboxylic acid groups (broad SMARTS) is 1. The summed E-state index contributed by atoms with van der Waals surface area (Å²) in [4.78, 5) is 46.7. The molecule has 0 saturated heterocycles. The molecule has 1 unspecified atom stereocenters. The monoisotopic (exact) mass is 366 g/mol. The summed E-state index contributed by atoms with van der Waals surface area (Å²) in [6, 6.07) is 5.91. The van der Waals surface area contributed by atoms with Crippen molar-refractivity contribution < 1.29 is 33.8 Å². The second-order valence-corrected chi connectivity index (χ2v) is 5.33. The molecule has 0 fully saturated rings. The first-order valence-electron chi connectivity index (χ1n) is 8.00. The quantitative estimate of drug-likeness (QED) is 0.403. The molecule has 9 nitrogen and oxygen atoms in total. The Balaban J connectivity index is 2.69. The molecular weight excluding hydrogens is 344 g/mol. The van der Waals surface area contributed by atoms with Crippen LogP contribution in [0.1, 0.15) is 25.3 Å². The Labute approximate surface area is 150 Å². The van der Waals surface area contributed by atoms with Crippen LogP contribution in [0.3, 0.4) is 0 Å². The fourth-order valence-corrected chi connectivity index (χ4v) is 1.99. The molecule has 1 amide bonds. The third-order valence-electron chi connectivity index (χ3n) is 3.32. The lowest BCUT2D eigenvalue weighted by atomic mass is 10.0. The Kier molecular flexibility index (Phi) is 8.79. The second kappa shape index (κ2) is 10.8. The molecule has 0 radical (unpaired) electrons. The largest absolute Gasteiger partial charge is 0.481 e. The van der Waals surface area contributed by atoms with Crippen LogP contribution in [0.5, 0.6) is 0 Å². The van der Waals surface area contributed by atoms with Gasteiger partial charge in [0.2, 0.25) is 0 Å². The van der Waals surface area contributed by atoms with Crippen LogP contribution in [0.25, 0.3) is 0 Å². The second-order valence-electron chi connectivity index (χ2n) is 5.33. The maximum atomic E-state index is 12.3. The summed E-state index contributed by atoms with van der Waals surface area (Å²) >= 11 is 0. The zero-order valence-electron chi connectivity index (χ0n) is 14.3. The van der Waals surface area contributed by atoms with Crippen molar-refractivity contribution in [1.82, 2.24) is 5.32 Å². The zero-order valence-corrected chi connectivity index (χ0v) is 14.3. The van der Waals surface area contributed by atoms with Crippen LogP contribution in [0.4, 0.5) is 4.79 Å². The highest BCUT2D eigenvalue weighted by molar-refractivity contribution is 6.07. The number of amides is 1. The number of alkyl carbamates (subject to hydrolysis) is 1. The first kappa shape index (κ1) is 21.1. The Hall–Kier alpha value is -2.94. The fraction of sp³-hybridized carbons (Fsp3) is 0.412. The first-order valence-corrected chi connectivity index (χ1v) is 8.00. The Morgan fingerprint density at radius 1 is 1.15 bits per heavy atom. The van der Waals surface area contributed by atoms with Gasteiger partial charge in [-0.3, -0.25) is 9.59 Å². The highest BCUT2D eigenvalue weighted by Crippen LogP contribution is 2.04. The van der Waals surface area contributed by atoms with Crippen LogP contribution in [-0.4, -0.2) is 47.6 Å². The van der Waals surface area contributed by atoms with Crippen LogP contribution >= 0.6 is 0 Å². The van der Waals surface area contributed by atoms with E-state index in [0.717, 1.165) is 5.56 Å². The third-order valence-corrected chi connectivity index (χ3v) is 3.32. The predicted octanol–water partition coefficient (Wildman–Crippen LogP) is 0.606. The molecular formula is C17H22N2O7. The summed E-state index contributed by atoms with van der Waals surface area (Å²) in [5.41, 5.74) is 6.35. The lowest BCUT2D eigenvalue weighted by Gasteiger charge is -2.19. The molecule has 0 aromatic heterocycles. The van der Waals surface area contributed by atoms with Gasteiger partial charge in [0.25, 0.3) is 0 Å². The fourth-order valence-electron chi connectivity index (χ4n) is 1.99. The number of hydrogen-bond acceptors (Lipinski definition) is 7. The van der Waals surface area contributed by atoms with E-state index in [4.69, 9.17) is 20.3 Å². The average molecular weight is 366 g/mol. The van der Waals surface area contributed by atoms with Gasteiger partial charge in [-0.25, -0.2) is 9.59 Å². The van der Waals surface area contributed by atoms with Gasteiger partial charge in [0.15, 0.2) is 11.8 Å². The highest BCUT2D eigenvalue weighted by atomic mass is 16.6. The van der Waals surface area contributed by atoms with Gasteiger partial charge in [0.05, 0.1) is 12.6 Å². The first-order chi connectivity index (χ1) is 12.3. The SMILES string of the molecule is CCOC(=O)C(NC(=O)OCc1ccccc1)C(=O)[C@@H](N)CCC(=O)O. The lowest BCUT2D eigenvalue weighted by Crippen LogP contribution is -2.53.